The summed E-state index contributed by atoms with van der Waals surface area (Å²) in [6.45, 7) is 8.24. The van der Waals surface area contributed by atoms with Crippen molar-refractivity contribution in [3.63, 3.8) is 0 Å². The Labute approximate surface area is 105 Å². The lowest BCUT2D eigenvalue weighted by Gasteiger charge is -2.19. The molecule has 1 aromatic rings. The van der Waals surface area contributed by atoms with Crippen LogP contribution in [0.15, 0.2) is 24.3 Å². The molecule has 0 saturated carbocycles. The molecule has 1 saturated heterocycles. The number of nitrogens with zero attached hydrogens (tertiary/aromatic N) is 1. The Morgan fingerprint density at radius 3 is 3.06 bits per heavy atom. The normalized spacial score (nSPS) is 17.9. The molecular formula is C15H24N2. The quantitative estimate of drug-likeness (QED) is 0.856. The van der Waals surface area contributed by atoms with Crippen LogP contribution in [0.3, 0.4) is 0 Å². The molecule has 94 valence electrons. The summed E-state index contributed by atoms with van der Waals surface area (Å²) in [6.07, 6.45) is 3.79. The van der Waals surface area contributed by atoms with Gasteiger partial charge in [-0.05, 0) is 51.4 Å². The highest BCUT2D eigenvalue weighted by molar-refractivity contribution is 5.22. The van der Waals surface area contributed by atoms with E-state index in [0.29, 0.717) is 0 Å². The van der Waals surface area contributed by atoms with Crippen molar-refractivity contribution in [2.75, 3.05) is 32.7 Å². The van der Waals surface area contributed by atoms with E-state index in [-0.39, 0.29) is 0 Å². The molecule has 1 aliphatic heterocycles. The summed E-state index contributed by atoms with van der Waals surface area (Å²) in [5.41, 5.74) is 2.86. The van der Waals surface area contributed by atoms with Crippen LogP contribution in [-0.4, -0.2) is 37.6 Å². The van der Waals surface area contributed by atoms with E-state index < -0.39 is 0 Å². The smallest absolute Gasteiger partial charge is 0.0107 e. The van der Waals surface area contributed by atoms with Gasteiger partial charge in [-0.3, -0.25) is 0 Å². The highest BCUT2D eigenvalue weighted by Crippen LogP contribution is 2.07. The summed E-state index contributed by atoms with van der Waals surface area (Å²) >= 11 is 0. The van der Waals surface area contributed by atoms with Crippen molar-refractivity contribution in [1.82, 2.24) is 10.2 Å². The standard InChI is InChI=1S/C15H24N2/c1-14-5-2-6-15(13-14)7-3-10-17-11-4-8-16-9-12-17/h2,5-6,13,16H,3-4,7-12H2,1H3. The van der Waals surface area contributed by atoms with Crippen molar-refractivity contribution in [3.8, 4) is 0 Å². The van der Waals surface area contributed by atoms with E-state index >= 15 is 0 Å². The molecule has 2 nitrogen and oxygen atoms in total. The highest BCUT2D eigenvalue weighted by Gasteiger charge is 2.07. The first-order valence-corrected chi connectivity index (χ1v) is 6.83. The van der Waals surface area contributed by atoms with Gasteiger partial charge in [-0.2, -0.15) is 0 Å². The van der Waals surface area contributed by atoms with Gasteiger partial charge in [0, 0.05) is 13.1 Å². The van der Waals surface area contributed by atoms with Crippen LogP contribution < -0.4 is 5.32 Å². The maximum atomic E-state index is 3.45. The van der Waals surface area contributed by atoms with Gasteiger partial charge in [-0.1, -0.05) is 29.8 Å². The van der Waals surface area contributed by atoms with Crippen molar-refractivity contribution in [1.29, 1.82) is 0 Å². The van der Waals surface area contributed by atoms with E-state index in [9.17, 15) is 0 Å². The third-order valence-corrected chi connectivity index (χ3v) is 3.45. The van der Waals surface area contributed by atoms with Crippen molar-refractivity contribution >= 4 is 0 Å². The number of aryl methyl sites for hydroxylation is 2. The van der Waals surface area contributed by atoms with Crippen LogP contribution in [0.4, 0.5) is 0 Å². The van der Waals surface area contributed by atoms with Gasteiger partial charge in [-0.15, -0.1) is 0 Å². The molecule has 17 heavy (non-hydrogen) atoms. The van der Waals surface area contributed by atoms with Crippen molar-refractivity contribution < 1.29 is 0 Å². The second kappa shape index (κ2) is 6.77. The van der Waals surface area contributed by atoms with Crippen LogP contribution in [0.1, 0.15) is 24.0 Å². The minimum absolute atomic E-state index is 1.16. The van der Waals surface area contributed by atoms with E-state index in [4.69, 9.17) is 0 Å². The molecule has 1 aromatic carbocycles. The molecule has 0 aliphatic carbocycles. The zero-order valence-electron chi connectivity index (χ0n) is 10.9. The fraction of sp³-hybridized carbons (Fsp3) is 0.600. The molecule has 1 fully saturated rings. The Morgan fingerprint density at radius 2 is 2.18 bits per heavy atom. The topological polar surface area (TPSA) is 15.3 Å². The molecule has 0 radical (unpaired) electrons. The highest BCUT2D eigenvalue weighted by atomic mass is 15.1. The Morgan fingerprint density at radius 1 is 1.24 bits per heavy atom. The second-order valence-electron chi connectivity index (χ2n) is 5.04. The number of benzene rings is 1. The largest absolute Gasteiger partial charge is 0.315 e. The monoisotopic (exact) mass is 232 g/mol. The molecule has 0 aromatic heterocycles. The molecule has 1 heterocycles. The Hall–Kier alpha value is -0.860. The number of rotatable bonds is 4. The lowest BCUT2D eigenvalue weighted by molar-refractivity contribution is 0.289. The second-order valence-corrected chi connectivity index (χ2v) is 5.04. The van der Waals surface area contributed by atoms with Gasteiger partial charge in [0.25, 0.3) is 0 Å². The predicted octanol–water partition coefficient (Wildman–Crippen LogP) is 2.22. The average molecular weight is 232 g/mol. The summed E-state index contributed by atoms with van der Waals surface area (Å²) in [6, 6.07) is 8.89. The third-order valence-electron chi connectivity index (χ3n) is 3.45. The zero-order valence-corrected chi connectivity index (χ0v) is 10.9. The van der Waals surface area contributed by atoms with E-state index in [1.165, 1.54) is 56.6 Å². The maximum Gasteiger partial charge on any atom is 0.0107 e. The molecule has 2 heteroatoms. The lowest BCUT2D eigenvalue weighted by atomic mass is 10.1. The van der Waals surface area contributed by atoms with Crippen molar-refractivity contribution in [3.05, 3.63) is 35.4 Å². The van der Waals surface area contributed by atoms with Crippen molar-refractivity contribution in [2.24, 2.45) is 0 Å². The summed E-state index contributed by atoms with van der Waals surface area (Å²) in [4.78, 5) is 2.59. The van der Waals surface area contributed by atoms with E-state index in [1.807, 2.05) is 0 Å². The molecule has 0 spiro atoms. The Kier molecular flexibility index (Phi) is 5.02. The van der Waals surface area contributed by atoms with Gasteiger partial charge in [0.1, 0.15) is 0 Å². The first-order valence-electron chi connectivity index (χ1n) is 6.83. The molecule has 0 unspecified atom stereocenters. The molecule has 2 rings (SSSR count). The third kappa shape index (κ3) is 4.49. The maximum absolute atomic E-state index is 3.45. The molecule has 0 amide bonds. The molecule has 1 aliphatic rings. The van der Waals surface area contributed by atoms with Gasteiger partial charge in [0.05, 0.1) is 0 Å². The molecule has 1 N–H and O–H groups in total. The van der Waals surface area contributed by atoms with Crippen LogP contribution in [0.5, 0.6) is 0 Å². The van der Waals surface area contributed by atoms with Gasteiger partial charge >= 0.3 is 0 Å². The first kappa shape index (κ1) is 12.6. The van der Waals surface area contributed by atoms with Gasteiger partial charge in [-0.25, -0.2) is 0 Å². The minimum Gasteiger partial charge on any atom is -0.315 e. The number of hydrogen-bond acceptors (Lipinski definition) is 2. The van der Waals surface area contributed by atoms with Gasteiger partial charge < -0.3 is 10.2 Å². The fourth-order valence-corrected chi connectivity index (χ4v) is 2.50. The number of nitrogens with one attached hydrogen (secondary N) is 1. The number of hydrogen-bond donors (Lipinski definition) is 1. The van der Waals surface area contributed by atoms with Gasteiger partial charge in [0.2, 0.25) is 0 Å². The molecule has 0 atom stereocenters. The predicted molar refractivity (Wildman–Crippen MR) is 73.4 cm³/mol. The average Bonchev–Trinajstić information content (AvgIpc) is 2.58. The van der Waals surface area contributed by atoms with Crippen molar-refractivity contribution in [2.45, 2.75) is 26.2 Å². The first-order chi connectivity index (χ1) is 8.34. The summed E-state index contributed by atoms with van der Waals surface area (Å²) < 4.78 is 0. The van der Waals surface area contributed by atoms with Crippen LogP contribution in [0.2, 0.25) is 0 Å². The summed E-state index contributed by atoms with van der Waals surface area (Å²) in [5, 5.41) is 3.45. The SMILES string of the molecule is Cc1cccc(CCCN2CCCNCC2)c1. The van der Waals surface area contributed by atoms with E-state index in [0.717, 1.165) is 6.54 Å². The summed E-state index contributed by atoms with van der Waals surface area (Å²) in [7, 11) is 0. The van der Waals surface area contributed by atoms with E-state index in [2.05, 4.69) is 41.4 Å². The van der Waals surface area contributed by atoms with Gasteiger partial charge in [0.15, 0.2) is 0 Å². The summed E-state index contributed by atoms with van der Waals surface area (Å²) in [5.74, 6) is 0. The Balaban J connectivity index is 1.71. The minimum atomic E-state index is 1.16. The van der Waals surface area contributed by atoms with Crippen LogP contribution in [0.25, 0.3) is 0 Å². The van der Waals surface area contributed by atoms with Crippen LogP contribution in [-0.2, 0) is 6.42 Å². The fourth-order valence-electron chi connectivity index (χ4n) is 2.50. The van der Waals surface area contributed by atoms with Crippen LogP contribution in [0, 0.1) is 6.92 Å². The van der Waals surface area contributed by atoms with Crippen LogP contribution >= 0.6 is 0 Å². The Bertz CT molecular complexity index is 327. The molecule has 0 bridgehead atoms. The molecular weight excluding hydrogens is 208 g/mol. The zero-order chi connectivity index (χ0) is 11.9. The lowest BCUT2D eigenvalue weighted by Crippen LogP contribution is -2.29. The van der Waals surface area contributed by atoms with E-state index in [1.54, 1.807) is 0 Å².